The molecule has 0 fully saturated rings. The lowest BCUT2D eigenvalue weighted by atomic mass is 10.0. The van der Waals surface area contributed by atoms with Gasteiger partial charge in [-0.3, -0.25) is 10.2 Å². The molecule has 1 aliphatic rings. The van der Waals surface area contributed by atoms with Gasteiger partial charge >= 0.3 is 0 Å². The van der Waals surface area contributed by atoms with Crippen molar-refractivity contribution in [2.24, 2.45) is 11.5 Å². The normalized spacial score (nSPS) is 15.2. The summed E-state index contributed by atoms with van der Waals surface area (Å²) in [5.41, 5.74) is 15.2. The molecule has 30 heavy (non-hydrogen) atoms. The molecule has 154 valence electrons. The number of anilines is 1. The topological polar surface area (TPSA) is 108 Å². The lowest BCUT2D eigenvalue weighted by molar-refractivity contribution is -0.122. The van der Waals surface area contributed by atoms with Crippen molar-refractivity contribution in [2.45, 2.75) is 25.4 Å². The number of nitrogens with one attached hydrogen (secondary N) is 2. The van der Waals surface area contributed by atoms with E-state index in [0.29, 0.717) is 31.6 Å². The molecule has 6 nitrogen and oxygen atoms in total. The minimum absolute atomic E-state index is 0.00395. The van der Waals surface area contributed by atoms with Crippen molar-refractivity contribution in [2.75, 3.05) is 18.0 Å². The molecule has 1 atom stereocenters. The number of nitrogens with two attached hydrogens (primary N) is 2. The fourth-order valence-electron chi connectivity index (χ4n) is 4.13. The quantitative estimate of drug-likeness (QED) is 0.277. The third-order valence-corrected chi connectivity index (χ3v) is 5.70. The van der Waals surface area contributed by atoms with E-state index in [0.717, 1.165) is 23.2 Å². The van der Waals surface area contributed by atoms with E-state index in [1.54, 1.807) is 0 Å². The SMILES string of the molecule is N=C(N)c1ccc2c(c1)N(Cc1cccc3ccccc13)C(C(=O)NCCCN)C2. The minimum atomic E-state index is -0.307. The average Bonchev–Trinajstić information content (AvgIpc) is 3.12. The van der Waals surface area contributed by atoms with Crippen LogP contribution in [0.2, 0.25) is 0 Å². The van der Waals surface area contributed by atoms with Gasteiger partial charge in [0, 0.05) is 30.8 Å². The maximum atomic E-state index is 13.0. The number of hydrogen-bond donors (Lipinski definition) is 4. The molecule has 4 rings (SSSR count). The Hall–Kier alpha value is -3.38. The Labute approximate surface area is 176 Å². The highest BCUT2D eigenvalue weighted by molar-refractivity contribution is 5.97. The van der Waals surface area contributed by atoms with Crippen LogP contribution in [0.4, 0.5) is 5.69 Å². The molecule has 0 saturated heterocycles. The summed E-state index contributed by atoms with van der Waals surface area (Å²) < 4.78 is 0. The van der Waals surface area contributed by atoms with Crippen molar-refractivity contribution in [3.8, 4) is 0 Å². The fraction of sp³-hybridized carbons (Fsp3) is 0.250. The summed E-state index contributed by atoms with van der Waals surface area (Å²) in [6.07, 6.45) is 1.38. The van der Waals surface area contributed by atoms with E-state index >= 15 is 0 Å². The van der Waals surface area contributed by atoms with Gasteiger partial charge in [-0.1, -0.05) is 54.6 Å². The number of amides is 1. The molecule has 3 aromatic rings. The molecular formula is C24H27N5O. The number of hydrogen-bond acceptors (Lipinski definition) is 4. The smallest absolute Gasteiger partial charge is 0.243 e. The predicted octanol–water partition coefficient (Wildman–Crippen LogP) is 2.52. The van der Waals surface area contributed by atoms with Gasteiger partial charge in [-0.2, -0.15) is 0 Å². The van der Waals surface area contributed by atoms with Gasteiger partial charge in [0.25, 0.3) is 0 Å². The van der Waals surface area contributed by atoms with Crippen LogP contribution in [0.5, 0.6) is 0 Å². The third-order valence-electron chi connectivity index (χ3n) is 5.70. The molecular weight excluding hydrogens is 374 g/mol. The van der Waals surface area contributed by atoms with Gasteiger partial charge in [0.15, 0.2) is 0 Å². The molecule has 0 saturated carbocycles. The zero-order chi connectivity index (χ0) is 21.1. The highest BCUT2D eigenvalue weighted by Crippen LogP contribution is 2.35. The van der Waals surface area contributed by atoms with Gasteiger partial charge in [-0.25, -0.2) is 0 Å². The summed E-state index contributed by atoms with van der Waals surface area (Å²) >= 11 is 0. The zero-order valence-corrected chi connectivity index (χ0v) is 16.9. The van der Waals surface area contributed by atoms with E-state index in [9.17, 15) is 4.79 Å². The van der Waals surface area contributed by atoms with Crippen molar-refractivity contribution in [1.29, 1.82) is 5.41 Å². The van der Waals surface area contributed by atoms with Crippen LogP contribution in [0.25, 0.3) is 10.8 Å². The van der Waals surface area contributed by atoms with Crippen LogP contribution in [0, 0.1) is 5.41 Å². The Morgan fingerprint density at radius 1 is 1.13 bits per heavy atom. The molecule has 1 heterocycles. The van der Waals surface area contributed by atoms with Crippen LogP contribution in [-0.4, -0.2) is 30.9 Å². The Morgan fingerprint density at radius 2 is 1.93 bits per heavy atom. The first kappa shape index (κ1) is 19.9. The Morgan fingerprint density at radius 3 is 2.73 bits per heavy atom. The molecule has 1 amide bonds. The van der Waals surface area contributed by atoms with Gasteiger partial charge in [0.05, 0.1) is 0 Å². The third kappa shape index (κ3) is 3.86. The Kier molecular flexibility index (Phi) is 5.68. The van der Waals surface area contributed by atoms with E-state index < -0.39 is 0 Å². The largest absolute Gasteiger partial charge is 0.384 e. The molecule has 0 radical (unpaired) electrons. The van der Waals surface area contributed by atoms with Crippen molar-refractivity contribution >= 4 is 28.2 Å². The molecule has 0 aromatic heterocycles. The number of benzene rings is 3. The second kappa shape index (κ2) is 8.55. The van der Waals surface area contributed by atoms with E-state index in [1.807, 2.05) is 30.3 Å². The first-order valence-corrected chi connectivity index (χ1v) is 10.3. The van der Waals surface area contributed by atoms with E-state index in [-0.39, 0.29) is 17.8 Å². The number of amidine groups is 1. The van der Waals surface area contributed by atoms with Crippen LogP contribution >= 0.6 is 0 Å². The van der Waals surface area contributed by atoms with Gasteiger partial charge in [-0.05, 0) is 40.9 Å². The lowest BCUT2D eigenvalue weighted by Gasteiger charge is -2.28. The van der Waals surface area contributed by atoms with Crippen molar-refractivity contribution in [3.05, 3.63) is 77.4 Å². The highest BCUT2D eigenvalue weighted by Gasteiger charge is 2.34. The summed E-state index contributed by atoms with van der Waals surface area (Å²) in [6, 6.07) is 20.0. The lowest BCUT2D eigenvalue weighted by Crippen LogP contribution is -2.45. The van der Waals surface area contributed by atoms with Crippen LogP contribution in [-0.2, 0) is 17.8 Å². The summed E-state index contributed by atoms with van der Waals surface area (Å²) in [5.74, 6) is 0.0306. The summed E-state index contributed by atoms with van der Waals surface area (Å²) in [4.78, 5) is 15.2. The molecule has 1 aliphatic heterocycles. The van der Waals surface area contributed by atoms with Gasteiger partial charge in [-0.15, -0.1) is 0 Å². The second-order valence-electron chi connectivity index (χ2n) is 7.68. The Balaban J connectivity index is 1.71. The Bertz CT molecular complexity index is 1090. The number of nitrogen functional groups attached to an aromatic ring is 1. The molecule has 0 bridgehead atoms. The molecule has 0 aliphatic carbocycles. The van der Waals surface area contributed by atoms with Crippen LogP contribution in [0.3, 0.4) is 0 Å². The molecule has 6 N–H and O–H groups in total. The van der Waals surface area contributed by atoms with E-state index in [2.05, 4.69) is 40.5 Å². The standard InChI is InChI=1S/C24H27N5O/c25-11-4-12-28-24(30)22-13-17-9-10-18(23(26)27)14-21(17)29(22)15-19-7-3-6-16-5-1-2-8-20(16)19/h1-3,5-10,14,22H,4,11-13,15,25H2,(H3,26,27)(H,28,30). The number of nitrogens with zero attached hydrogens (tertiary/aromatic N) is 1. The van der Waals surface area contributed by atoms with Crippen LogP contribution < -0.4 is 21.7 Å². The summed E-state index contributed by atoms with van der Waals surface area (Å²) in [5, 5.41) is 13.2. The predicted molar refractivity (Wildman–Crippen MR) is 122 cm³/mol. The van der Waals surface area contributed by atoms with E-state index in [1.165, 1.54) is 10.8 Å². The van der Waals surface area contributed by atoms with Crippen LogP contribution in [0.15, 0.2) is 60.7 Å². The number of rotatable bonds is 7. The number of fused-ring (bicyclic) bond motifs is 2. The van der Waals surface area contributed by atoms with Gasteiger partial charge in [0.1, 0.15) is 11.9 Å². The maximum Gasteiger partial charge on any atom is 0.243 e. The maximum absolute atomic E-state index is 13.0. The number of carbonyl (C=O) groups excluding carboxylic acids is 1. The first-order chi connectivity index (χ1) is 14.6. The van der Waals surface area contributed by atoms with Gasteiger partial charge < -0.3 is 21.7 Å². The van der Waals surface area contributed by atoms with E-state index in [4.69, 9.17) is 16.9 Å². The zero-order valence-electron chi connectivity index (χ0n) is 16.9. The van der Waals surface area contributed by atoms with Gasteiger partial charge in [0.2, 0.25) is 5.91 Å². The van der Waals surface area contributed by atoms with Crippen LogP contribution in [0.1, 0.15) is 23.1 Å². The van der Waals surface area contributed by atoms with Crippen molar-refractivity contribution in [3.63, 3.8) is 0 Å². The van der Waals surface area contributed by atoms with Crippen molar-refractivity contribution in [1.82, 2.24) is 5.32 Å². The monoisotopic (exact) mass is 401 g/mol. The van der Waals surface area contributed by atoms with Crippen molar-refractivity contribution < 1.29 is 4.79 Å². The fourth-order valence-corrected chi connectivity index (χ4v) is 4.13. The summed E-state index contributed by atoms with van der Waals surface area (Å²) in [7, 11) is 0. The molecule has 3 aromatic carbocycles. The molecule has 0 spiro atoms. The number of carbonyl (C=O) groups is 1. The first-order valence-electron chi connectivity index (χ1n) is 10.3. The molecule has 1 unspecified atom stereocenters. The second-order valence-corrected chi connectivity index (χ2v) is 7.68. The average molecular weight is 402 g/mol. The molecule has 6 heteroatoms. The highest BCUT2D eigenvalue weighted by atomic mass is 16.2. The summed E-state index contributed by atoms with van der Waals surface area (Å²) in [6.45, 7) is 1.72. The minimum Gasteiger partial charge on any atom is -0.384 e.